The van der Waals surface area contributed by atoms with Gasteiger partial charge in [-0.3, -0.25) is 0 Å². The second-order valence-corrected chi connectivity index (χ2v) is 5.79. The number of nitrogens with zero attached hydrogens (tertiary/aromatic N) is 4. The molecule has 1 aliphatic rings. The number of nitrogens with one attached hydrogen (secondary N) is 2. The van der Waals surface area contributed by atoms with E-state index < -0.39 is 0 Å². The summed E-state index contributed by atoms with van der Waals surface area (Å²) in [5, 5.41) is 15.3. The maximum absolute atomic E-state index is 8.99. The Balaban J connectivity index is 1.66. The topological polar surface area (TPSA) is 86.2 Å². The van der Waals surface area contributed by atoms with Crippen LogP contribution in [0, 0.1) is 0 Å². The summed E-state index contributed by atoms with van der Waals surface area (Å²) >= 11 is 0. The van der Waals surface area contributed by atoms with Crippen LogP contribution in [0.4, 0.5) is 17.8 Å². The lowest BCUT2D eigenvalue weighted by atomic mass is 10.1. The lowest BCUT2D eigenvalue weighted by molar-refractivity contribution is 0.311. The Hall–Kier alpha value is -2.41. The number of benzene rings is 1. The molecule has 24 heavy (non-hydrogen) atoms. The lowest BCUT2D eigenvalue weighted by Gasteiger charge is -2.17. The molecule has 1 aromatic carbocycles. The molecule has 0 amide bonds. The molecule has 1 aromatic heterocycles. The van der Waals surface area contributed by atoms with Crippen molar-refractivity contribution >= 4 is 17.8 Å². The van der Waals surface area contributed by atoms with E-state index in [2.05, 4.69) is 42.6 Å². The summed E-state index contributed by atoms with van der Waals surface area (Å²) < 4.78 is 0. The summed E-state index contributed by atoms with van der Waals surface area (Å²) in [6, 6.07) is 10.3. The first kappa shape index (κ1) is 16.4. The van der Waals surface area contributed by atoms with E-state index >= 15 is 0 Å². The molecule has 7 heteroatoms. The summed E-state index contributed by atoms with van der Waals surface area (Å²) in [6.45, 7) is 3.18. The van der Waals surface area contributed by atoms with Gasteiger partial charge in [0, 0.05) is 26.2 Å². The number of rotatable bonds is 8. The molecule has 1 fully saturated rings. The quantitative estimate of drug-likeness (QED) is 0.677. The van der Waals surface area contributed by atoms with Crippen molar-refractivity contribution in [3.63, 3.8) is 0 Å². The van der Waals surface area contributed by atoms with Gasteiger partial charge in [0.1, 0.15) is 0 Å². The summed E-state index contributed by atoms with van der Waals surface area (Å²) in [4.78, 5) is 15.6. The van der Waals surface area contributed by atoms with Gasteiger partial charge in [0.2, 0.25) is 17.8 Å². The van der Waals surface area contributed by atoms with Crippen LogP contribution in [-0.2, 0) is 6.42 Å². The van der Waals surface area contributed by atoms with E-state index in [1.54, 1.807) is 0 Å². The average Bonchev–Trinajstić information content (AvgIpc) is 3.15. The molecule has 1 aliphatic heterocycles. The van der Waals surface area contributed by atoms with Gasteiger partial charge in [-0.2, -0.15) is 15.0 Å². The Kier molecular flexibility index (Phi) is 5.79. The smallest absolute Gasteiger partial charge is 0.231 e. The Morgan fingerprint density at radius 2 is 1.58 bits per heavy atom. The first-order valence-corrected chi connectivity index (χ1v) is 8.49. The second kappa shape index (κ2) is 8.44. The van der Waals surface area contributed by atoms with Crippen LogP contribution in [0.2, 0.25) is 0 Å². The van der Waals surface area contributed by atoms with Gasteiger partial charge in [-0.1, -0.05) is 30.3 Å². The predicted octanol–water partition coefficient (Wildman–Crippen LogP) is 1.53. The number of anilines is 3. The van der Waals surface area contributed by atoms with Crippen molar-refractivity contribution < 1.29 is 5.11 Å². The molecule has 2 heterocycles. The minimum absolute atomic E-state index is 0.0432. The molecule has 0 radical (unpaired) electrons. The van der Waals surface area contributed by atoms with Crippen LogP contribution in [0.25, 0.3) is 0 Å². The highest BCUT2D eigenvalue weighted by Gasteiger charge is 2.17. The monoisotopic (exact) mass is 328 g/mol. The van der Waals surface area contributed by atoms with Crippen molar-refractivity contribution in [3.8, 4) is 0 Å². The maximum Gasteiger partial charge on any atom is 0.231 e. The van der Waals surface area contributed by atoms with E-state index in [1.807, 2.05) is 18.2 Å². The first-order valence-electron chi connectivity index (χ1n) is 8.49. The van der Waals surface area contributed by atoms with E-state index in [0.29, 0.717) is 24.4 Å². The van der Waals surface area contributed by atoms with Crippen LogP contribution in [-0.4, -0.2) is 52.8 Å². The average molecular weight is 328 g/mol. The molecular formula is C17H24N6O. The third-order valence-corrected chi connectivity index (χ3v) is 3.95. The minimum Gasteiger partial charge on any atom is -0.395 e. The lowest BCUT2D eigenvalue weighted by Crippen LogP contribution is -2.23. The van der Waals surface area contributed by atoms with Gasteiger partial charge in [-0.25, -0.2) is 0 Å². The molecule has 0 atom stereocenters. The molecular weight excluding hydrogens is 304 g/mol. The molecule has 7 nitrogen and oxygen atoms in total. The van der Waals surface area contributed by atoms with Crippen molar-refractivity contribution in [1.29, 1.82) is 0 Å². The van der Waals surface area contributed by atoms with Gasteiger partial charge in [0.25, 0.3) is 0 Å². The number of aromatic nitrogens is 3. The highest BCUT2D eigenvalue weighted by Crippen LogP contribution is 2.18. The number of hydrogen-bond donors (Lipinski definition) is 3. The van der Waals surface area contributed by atoms with Crippen molar-refractivity contribution in [2.75, 3.05) is 48.3 Å². The summed E-state index contributed by atoms with van der Waals surface area (Å²) in [7, 11) is 0. The zero-order chi connectivity index (χ0) is 16.6. The van der Waals surface area contributed by atoms with Crippen molar-refractivity contribution in [3.05, 3.63) is 35.9 Å². The summed E-state index contributed by atoms with van der Waals surface area (Å²) in [6.07, 6.45) is 3.24. The zero-order valence-corrected chi connectivity index (χ0v) is 13.8. The van der Waals surface area contributed by atoms with E-state index in [0.717, 1.165) is 26.1 Å². The van der Waals surface area contributed by atoms with Gasteiger partial charge in [-0.15, -0.1) is 0 Å². The van der Waals surface area contributed by atoms with Gasteiger partial charge in [0.05, 0.1) is 6.61 Å². The number of aliphatic hydroxyl groups is 1. The fourth-order valence-electron chi connectivity index (χ4n) is 2.71. The largest absolute Gasteiger partial charge is 0.395 e. The Morgan fingerprint density at radius 3 is 2.25 bits per heavy atom. The van der Waals surface area contributed by atoms with Gasteiger partial charge < -0.3 is 20.6 Å². The third kappa shape index (κ3) is 4.55. The number of hydrogen-bond acceptors (Lipinski definition) is 7. The Morgan fingerprint density at radius 1 is 0.917 bits per heavy atom. The summed E-state index contributed by atoms with van der Waals surface area (Å²) in [5.74, 6) is 1.77. The van der Waals surface area contributed by atoms with Gasteiger partial charge in [0.15, 0.2) is 0 Å². The maximum atomic E-state index is 8.99. The highest BCUT2D eigenvalue weighted by molar-refractivity contribution is 5.44. The fraction of sp³-hybridized carbons (Fsp3) is 0.471. The Bertz CT molecular complexity index is 630. The van der Waals surface area contributed by atoms with Crippen molar-refractivity contribution in [1.82, 2.24) is 15.0 Å². The molecule has 1 saturated heterocycles. The SMILES string of the molecule is OCCNc1nc(NCCc2ccccc2)nc(N2CCCC2)n1. The molecule has 0 bridgehead atoms. The van der Waals surface area contributed by atoms with Crippen molar-refractivity contribution in [2.45, 2.75) is 19.3 Å². The normalized spacial score (nSPS) is 14.0. The van der Waals surface area contributed by atoms with Crippen LogP contribution in [0.3, 0.4) is 0 Å². The van der Waals surface area contributed by atoms with E-state index in [1.165, 1.54) is 18.4 Å². The van der Waals surface area contributed by atoms with Crippen LogP contribution >= 0.6 is 0 Å². The molecule has 0 spiro atoms. The van der Waals surface area contributed by atoms with E-state index in [9.17, 15) is 0 Å². The molecule has 3 rings (SSSR count). The molecule has 0 aliphatic carbocycles. The van der Waals surface area contributed by atoms with E-state index in [4.69, 9.17) is 5.11 Å². The number of aliphatic hydroxyl groups excluding tert-OH is 1. The minimum atomic E-state index is 0.0432. The third-order valence-electron chi connectivity index (χ3n) is 3.95. The first-order chi connectivity index (χ1) is 11.8. The molecule has 128 valence electrons. The van der Waals surface area contributed by atoms with Crippen LogP contribution in [0.5, 0.6) is 0 Å². The molecule has 0 unspecified atom stereocenters. The predicted molar refractivity (Wildman–Crippen MR) is 95.5 cm³/mol. The van der Waals surface area contributed by atoms with Crippen LogP contribution in [0.15, 0.2) is 30.3 Å². The van der Waals surface area contributed by atoms with Gasteiger partial charge >= 0.3 is 0 Å². The highest BCUT2D eigenvalue weighted by atomic mass is 16.3. The molecule has 2 aromatic rings. The van der Waals surface area contributed by atoms with E-state index in [-0.39, 0.29) is 6.61 Å². The standard InChI is InChI=1S/C17H24N6O/c24-13-10-19-16-20-15(18-9-8-14-6-2-1-3-7-14)21-17(22-16)23-11-4-5-12-23/h1-3,6-7,24H,4-5,8-13H2,(H2,18,19,20,21,22). The van der Waals surface area contributed by atoms with Crippen LogP contribution < -0.4 is 15.5 Å². The zero-order valence-electron chi connectivity index (χ0n) is 13.8. The summed E-state index contributed by atoms with van der Waals surface area (Å²) in [5.41, 5.74) is 1.28. The Labute approximate surface area is 142 Å². The van der Waals surface area contributed by atoms with Gasteiger partial charge in [-0.05, 0) is 24.8 Å². The van der Waals surface area contributed by atoms with Crippen LogP contribution in [0.1, 0.15) is 18.4 Å². The molecule has 3 N–H and O–H groups in total. The van der Waals surface area contributed by atoms with Crippen molar-refractivity contribution in [2.24, 2.45) is 0 Å². The fourth-order valence-corrected chi connectivity index (χ4v) is 2.71. The second-order valence-electron chi connectivity index (χ2n) is 5.79. The molecule has 0 saturated carbocycles.